The molecule has 1 aliphatic rings. The van der Waals surface area contributed by atoms with Gasteiger partial charge in [-0.05, 0) is 19.4 Å². The molecule has 1 unspecified atom stereocenters. The van der Waals surface area contributed by atoms with Crippen LogP contribution in [0, 0.1) is 28.4 Å². The molecule has 1 fully saturated rings. The molecule has 0 saturated carbocycles. The summed E-state index contributed by atoms with van der Waals surface area (Å²) in [5.74, 6) is 0.766. The van der Waals surface area contributed by atoms with Crippen LogP contribution >= 0.6 is 0 Å². The van der Waals surface area contributed by atoms with Crippen LogP contribution in [0.3, 0.4) is 0 Å². The first kappa shape index (κ1) is 15.2. The Morgan fingerprint density at radius 3 is 2.62 bits per heavy atom. The van der Waals surface area contributed by atoms with Crippen LogP contribution in [0.5, 0.6) is 0 Å². The highest BCUT2D eigenvalue weighted by atomic mass is 16.6. The molecule has 0 radical (unpaired) electrons. The molecule has 1 atom stereocenters. The van der Waals surface area contributed by atoms with Gasteiger partial charge >= 0.3 is 0 Å². The maximum absolute atomic E-state index is 10.8. The van der Waals surface area contributed by atoms with Crippen molar-refractivity contribution in [2.75, 3.05) is 31.1 Å². The van der Waals surface area contributed by atoms with E-state index in [9.17, 15) is 10.1 Å². The molecular weight excluding hydrogens is 270 g/mol. The van der Waals surface area contributed by atoms with Crippen LogP contribution in [0.15, 0.2) is 12.3 Å². The largest absolute Gasteiger partial charge is 0.354 e. The molecule has 7 nitrogen and oxygen atoms in total. The Bertz CT molecular complexity index is 561. The monoisotopic (exact) mass is 289 g/mol. The van der Waals surface area contributed by atoms with Crippen molar-refractivity contribution in [1.29, 1.82) is 5.26 Å². The van der Waals surface area contributed by atoms with Gasteiger partial charge in [0.25, 0.3) is 5.69 Å². The smallest absolute Gasteiger partial charge is 0.290 e. The van der Waals surface area contributed by atoms with Gasteiger partial charge in [-0.25, -0.2) is 4.98 Å². The minimum atomic E-state index is -0.414. The number of aromatic nitrogens is 1. The first-order valence-corrected chi connectivity index (χ1v) is 7.06. The molecule has 21 heavy (non-hydrogen) atoms. The molecule has 0 N–H and O–H groups in total. The van der Waals surface area contributed by atoms with Gasteiger partial charge in [0.1, 0.15) is 12.0 Å². The van der Waals surface area contributed by atoms with Crippen molar-refractivity contribution in [2.45, 2.75) is 26.3 Å². The highest BCUT2D eigenvalue weighted by molar-refractivity contribution is 5.48. The van der Waals surface area contributed by atoms with Gasteiger partial charge in [-0.1, -0.05) is 6.92 Å². The molecule has 0 amide bonds. The summed E-state index contributed by atoms with van der Waals surface area (Å²) in [6.45, 7) is 6.92. The number of anilines is 1. The van der Waals surface area contributed by atoms with E-state index in [0.29, 0.717) is 5.56 Å². The summed E-state index contributed by atoms with van der Waals surface area (Å²) in [5.41, 5.74) is 0.670. The Labute approximate surface area is 123 Å². The first-order valence-electron chi connectivity index (χ1n) is 7.06. The summed E-state index contributed by atoms with van der Waals surface area (Å²) in [4.78, 5) is 18.9. The fourth-order valence-electron chi connectivity index (χ4n) is 2.59. The Balaban J connectivity index is 2.04. The second-order valence-corrected chi connectivity index (χ2v) is 5.16. The molecule has 1 aromatic rings. The molecule has 0 aromatic carbocycles. The fraction of sp³-hybridized carbons (Fsp3) is 0.571. The Kier molecular flexibility index (Phi) is 4.70. The lowest BCUT2D eigenvalue weighted by molar-refractivity contribution is -0.385. The lowest BCUT2D eigenvalue weighted by Crippen LogP contribution is -2.50. The van der Waals surface area contributed by atoms with E-state index in [1.54, 1.807) is 13.0 Å². The first-order chi connectivity index (χ1) is 10.1. The Morgan fingerprint density at radius 2 is 2.14 bits per heavy atom. The predicted molar refractivity (Wildman–Crippen MR) is 79.1 cm³/mol. The molecule has 1 aliphatic heterocycles. The summed E-state index contributed by atoms with van der Waals surface area (Å²) in [6, 6.07) is 4.05. The van der Waals surface area contributed by atoms with Crippen LogP contribution in [0.4, 0.5) is 11.5 Å². The zero-order chi connectivity index (χ0) is 15.4. The number of nitro groups is 1. The number of pyridine rings is 1. The minimum absolute atomic E-state index is 0.0290. The van der Waals surface area contributed by atoms with E-state index in [-0.39, 0.29) is 11.7 Å². The van der Waals surface area contributed by atoms with Crippen molar-refractivity contribution in [1.82, 2.24) is 9.88 Å². The standard InChI is InChI=1S/C14H19N5O2/c1-3-12(9-15)17-4-6-18(7-5-17)14-8-11(2)13(10-16-14)19(20)21/h8,10,12H,3-7H2,1-2H3. The Hall–Kier alpha value is -2.20. The number of aryl methyl sites for hydroxylation is 1. The highest BCUT2D eigenvalue weighted by Crippen LogP contribution is 2.22. The molecular formula is C14H19N5O2. The van der Waals surface area contributed by atoms with Gasteiger partial charge in [0, 0.05) is 31.7 Å². The van der Waals surface area contributed by atoms with E-state index in [1.165, 1.54) is 6.20 Å². The molecule has 7 heteroatoms. The van der Waals surface area contributed by atoms with Crippen LogP contribution in [0.25, 0.3) is 0 Å². The molecule has 0 bridgehead atoms. The lowest BCUT2D eigenvalue weighted by Gasteiger charge is -2.37. The van der Waals surface area contributed by atoms with E-state index < -0.39 is 4.92 Å². The quantitative estimate of drug-likeness (QED) is 0.619. The van der Waals surface area contributed by atoms with E-state index in [0.717, 1.165) is 38.4 Å². The van der Waals surface area contributed by atoms with Crippen LogP contribution in [0.2, 0.25) is 0 Å². The van der Waals surface area contributed by atoms with Crippen LogP contribution in [-0.2, 0) is 0 Å². The number of nitriles is 1. The maximum Gasteiger partial charge on any atom is 0.290 e. The van der Waals surface area contributed by atoms with Gasteiger partial charge in [0.2, 0.25) is 0 Å². The normalized spacial score (nSPS) is 17.3. The zero-order valence-electron chi connectivity index (χ0n) is 12.3. The van der Waals surface area contributed by atoms with E-state index >= 15 is 0 Å². The van der Waals surface area contributed by atoms with Gasteiger partial charge in [0.05, 0.1) is 17.0 Å². The number of hydrogen-bond acceptors (Lipinski definition) is 6. The zero-order valence-corrected chi connectivity index (χ0v) is 12.3. The summed E-state index contributed by atoms with van der Waals surface area (Å²) < 4.78 is 0. The third-order valence-corrected chi connectivity index (χ3v) is 3.88. The van der Waals surface area contributed by atoms with Crippen LogP contribution in [-0.4, -0.2) is 47.0 Å². The van der Waals surface area contributed by atoms with Gasteiger partial charge in [-0.15, -0.1) is 0 Å². The summed E-state index contributed by atoms with van der Waals surface area (Å²) in [5, 5.41) is 19.9. The summed E-state index contributed by atoms with van der Waals surface area (Å²) in [6.07, 6.45) is 2.15. The average Bonchev–Trinajstić information content (AvgIpc) is 2.48. The second kappa shape index (κ2) is 6.50. The Morgan fingerprint density at radius 1 is 1.48 bits per heavy atom. The van der Waals surface area contributed by atoms with E-state index in [1.807, 2.05) is 6.92 Å². The van der Waals surface area contributed by atoms with Crippen molar-refractivity contribution in [3.63, 3.8) is 0 Å². The predicted octanol–water partition coefficient (Wildman–Crippen LogP) is 1.72. The molecule has 0 aliphatic carbocycles. The van der Waals surface area contributed by atoms with Gasteiger partial charge in [-0.2, -0.15) is 5.26 Å². The van der Waals surface area contributed by atoms with Gasteiger partial charge < -0.3 is 4.90 Å². The van der Waals surface area contributed by atoms with Gasteiger partial charge in [-0.3, -0.25) is 15.0 Å². The maximum atomic E-state index is 10.8. The lowest BCUT2D eigenvalue weighted by atomic mass is 10.1. The van der Waals surface area contributed by atoms with Gasteiger partial charge in [0.15, 0.2) is 0 Å². The number of hydrogen-bond donors (Lipinski definition) is 0. The van der Waals surface area contributed by atoms with Crippen LogP contribution in [0.1, 0.15) is 18.9 Å². The third kappa shape index (κ3) is 3.28. The molecule has 2 heterocycles. The third-order valence-electron chi connectivity index (χ3n) is 3.88. The van der Waals surface area contributed by atoms with Crippen molar-refractivity contribution in [3.05, 3.63) is 27.9 Å². The topological polar surface area (TPSA) is 86.3 Å². The molecule has 1 aromatic heterocycles. The van der Waals surface area contributed by atoms with Crippen molar-refractivity contribution < 1.29 is 4.92 Å². The average molecular weight is 289 g/mol. The molecule has 112 valence electrons. The van der Waals surface area contributed by atoms with Crippen molar-refractivity contribution >= 4 is 11.5 Å². The summed E-state index contributed by atoms with van der Waals surface area (Å²) >= 11 is 0. The van der Waals surface area contributed by atoms with E-state index in [4.69, 9.17) is 5.26 Å². The molecule has 2 rings (SSSR count). The van der Waals surface area contributed by atoms with E-state index in [2.05, 4.69) is 20.9 Å². The SMILES string of the molecule is CCC(C#N)N1CCN(c2cc(C)c([N+](=O)[O-])cn2)CC1. The molecule has 0 spiro atoms. The number of nitrogens with zero attached hydrogens (tertiary/aromatic N) is 5. The van der Waals surface area contributed by atoms with Crippen molar-refractivity contribution in [2.24, 2.45) is 0 Å². The minimum Gasteiger partial charge on any atom is -0.354 e. The second-order valence-electron chi connectivity index (χ2n) is 5.16. The summed E-state index contributed by atoms with van der Waals surface area (Å²) in [7, 11) is 0. The van der Waals surface area contributed by atoms with Crippen molar-refractivity contribution in [3.8, 4) is 6.07 Å². The number of rotatable bonds is 4. The fourth-order valence-corrected chi connectivity index (χ4v) is 2.59. The number of piperazine rings is 1. The molecule has 1 saturated heterocycles. The van der Waals surface area contributed by atoms with Crippen LogP contribution < -0.4 is 4.90 Å². The highest BCUT2D eigenvalue weighted by Gasteiger charge is 2.24.